The normalized spacial score (nSPS) is 22.6. The molecular formula is C16H23BrN2O. The van der Waals surface area contributed by atoms with Crippen LogP contribution in [0.1, 0.15) is 25.8 Å². The Balaban J connectivity index is 1.77. The maximum atomic E-state index is 12.2. The number of urea groups is 1. The van der Waals surface area contributed by atoms with E-state index in [9.17, 15) is 4.79 Å². The number of likely N-dealkylation sites (tertiary alicyclic amines) is 1. The summed E-state index contributed by atoms with van der Waals surface area (Å²) in [4.78, 5) is 14.1. The lowest BCUT2D eigenvalue weighted by Gasteiger charge is -2.34. The summed E-state index contributed by atoms with van der Waals surface area (Å²) in [6.07, 6.45) is 2.09. The van der Waals surface area contributed by atoms with E-state index in [0.29, 0.717) is 18.4 Å². The summed E-state index contributed by atoms with van der Waals surface area (Å²) in [6.45, 7) is 6.89. The molecule has 1 fully saturated rings. The molecule has 110 valence electrons. The van der Waals surface area contributed by atoms with E-state index in [4.69, 9.17) is 0 Å². The van der Waals surface area contributed by atoms with E-state index in [1.165, 1.54) is 12.0 Å². The van der Waals surface area contributed by atoms with Crippen LogP contribution in [-0.2, 0) is 6.42 Å². The van der Waals surface area contributed by atoms with Crippen LogP contribution in [0.4, 0.5) is 4.79 Å². The lowest BCUT2D eigenvalue weighted by molar-refractivity contribution is 0.146. The number of piperidine rings is 1. The first-order chi connectivity index (χ1) is 9.54. The first-order valence-electron chi connectivity index (χ1n) is 7.32. The number of halogens is 1. The van der Waals surface area contributed by atoms with E-state index in [1.807, 2.05) is 17.0 Å². The molecule has 0 aromatic heterocycles. The van der Waals surface area contributed by atoms with Crippen molar-refractivity contribution in [1.29, 1.82) is 0 Å². The third-order valence-electron chi connectivity index (χ3n) is 3.74. The molecule has 1 saturated heterocycles. The zero-order chi connectivity index (χ0) is 14.5. The minimum atomic E-state index is 0.0818. The highest BCUT2D eigenvalue weighted by Gasteiger charge is 2.24. The molecule has 1 heterocycles. The zero-order valence-corrected chi connectivity index (χ0v) is 13.8. The van der Waals surface area contributed by atoms with Gasteiger partial charge in [0.05, 0.1) is 0 Å². The van der Waals surface area contributed by atoms with Crippen molar-refractivity contribution >= 4 is 22.0 Å². The van der Waals surface area contributed by atoms with Crippen molar-refractivity contribution in [3.63, 3.8) is 0 Å². The number of amides is 2. The Bertz CT molecular complexity index is 454. The number of carbonyl (C=O) groups excluding carboxylic acids is 1. The summed E-state index contributed by atoms with van der Waals surface area (Å²) in [6, 6.07) is 8.30. The van der Waals surface area contributed by atoms with Gasteiger partial charge in [0.25, 0.3) is 0 Å². The Morgan fingerprint density at radius 3 is 2.70 bits per heavy atom. The molecule has 4 heteroatoms. The highest BCUT2D eigenvalue weighted by Crippen LogP contribution is 2.20. The van der Waals surface area contributed by atoms with Gasteiger partial charge in [-0.15, -0.1) is 0 Å². The predicted octanol–water partition coefficient (Wildman–Crippen LogP) is 3.68. The van der Waals surface area contributed by atoms with Gasteiger partial charge in [-0.2, -0.15) is 0 Å². The summed E-state index contributed by atoms with van der Waals surface area (Å²) in [5.41, 5.74) is 1.24. The average Bonchev–Trinajstić information content (AvgIpc) is 2.37. The average molecular weight is 339 g/mol. The van der Waals surface area contributed by atoms with Crippen LogP contribution in [0.3, 0.4) is 0 Å². The van der Waals surface area contributed by atoms with Crippen molar-refractivity contribution in [2.24, 2.45) is 11.8 Å². The molecule has 1 aliphatic rings. The van der Waals surface area contributed by atoms with Gasteiger partial charge in [0.15, 0.2) is 0 Å². The van der Waals surface area contributed by atoms with Crippen LogP contribution in [0.5, 0.6) is 0 Å². The highest BCUT2D eigenvalue weighted by molar-refractivity contribution is 9.10. The second-order valence-electron chi connectivity index (χ2n) is 5.96. The third kappa shape index (κ3) is 4.51. The van der Waals surface area contributed by atoms with Crippen molar-refractivity contribution < 1.29 is 4.79 Å². The van der Waals surface area contributed by atoms with Gasteiger partial charge < -0.3 is 10.2 Å². The molecule has 0 bridgehead atoms. The Hall–Kier alpha value is -1.03. The maximum Gasteiger partial charge on any atom is 0.317 e. The third-order valence-corrected chi connectivity index (χ3v) is 4.23. The van der Waals surface area contributed by atoms with Gasteiger partial charge in [0.2, 0.25) is 0 Å². The van der Waals surface area contributed by atoms with E-state index >= 15 is 0 Å². The molecule has 2 rings (SSSR count). The maximum absolute atomic E-state index is 12.2. The molecule has 20 heavy (non-hydrogen) atoms. The Labute approximate surface area is 129 Å². The van der Waals surface area contributed by atoms with Gasteiger partial charge in [-0.1, -0.05) is 41.9 Å². The van der Waals surface area contributed by atoms with E-state index in [2.05, 4.69) is 47.2 Å². The lowest BCUT2D eigenvalue weighted by Crippen LogP contribution is -2.47. The Morgan fingerprint density at radius 1 is 1.35 bits per heavy atom. The van der Waals surface area contributed by atoms with E-state index in [1.54, 1.807) is 0 Å². The van der Waals surface area contributed by atoms with Crippen molar-refractivity contribution in [3.8, 4) is 0 Å². The van der Waals surface area contributed by atoms with Gasteiger partial charge in [-0.25, -0.2) is 4.79 Å². The van der Waals surface area contributed by atoms with Crippen LogP contribution in [0.25, 0.3) is 0 Å². The summed E-state index contributed by atoms with van der Waals surface area (Å²) in [7, 11) is 0. The van der Waals surface area contributed by atoms with Crippen molar-refractivity contribution in [2.45, 2.75) is 26.7 Å². The van der Waals surface area contributed by atoms with Crippen LogP contribution in [-0.4, -0.2) is 30.6 Å². The topological polar surface area (TPSA) is 32.3 Å². The number of rotatable bonds is 3. The van der Waals surface area contributed by atoms with Crippen LogP contribution >= 0.6 is 15.9 Å². The van der Waals surface area contributed by atoms with Crippen molar-refractivity contribution in [3.05, 3.63) is 34.3 Å². The van der Waals surface area contributed by atoms with Crippen LogP contribution in [0, 0.1) is 11.8 Å². The lowest BCUT2D eigenvalue weighted by atomic mass is 9.92. The van der Waals surface area contributed by atoms with Gasteiger partial charge in [0.1, 0.15) is 0 Å². The smallest absolute Gasteiger partial charge is 0.317 e. The standard InChI is InChI=1S/C16H23BrN2O/c1-12-8-13(2)11-19(10-12)16(20)18-7-6-14-4-3-5-15(17)9-14/h3-5,9,12-13H,6-8,10-11H2,1-2H3,(H,18,20). The van der Waals surface area contributed by atoms with Crippen LogP contribution in [0.15, 0.2) is 28.7 Å². The zero-order valence-electron chi connectivity index (χ0n) is 12.2. The second-order valence-corrected chi connectivity index (χ2v) is 6.88. The van der Waals surface area contributed by atoms with Gasteiger partial charge >= 0.3 is 6.03 Å². The summed E-state index contributed by atoms with van der Waals surface area (Å²) < 4.78 is 1.08. The fourth-order valence-corrected chi connectivity index (χ4v) is 3.39. The van der Waals surface area contributed by atoms with Gasteiger partial charge in [0, 0.05) is 24.1 Å². The van der Waals surface area contributed by atoms with E-state index in [0.717, 1.165) is 24.0 Å². The minimum Gasteiger partial charge on any atom is -0.338 e. The largest absolute Gasteiger partial charge is 0.338 e. The second kappa shape index (κ2) is 7.11. The number of hydrogen-bond donors (Lipinski definition) is 1. The number of nitrogens with zero attached hydrogens (tertiary/aromatic N) is 1. The fourth-order valence-electron chi connectivity index (χ4n) is 2.95. The molecule has 1 aromatic rings. The molecule has 2 amide bonds. The summed E-state index contributed by atoms with van der Waals surface area (Å²) in [5, 5.41) is 3.03. The van der Waals surface area contributed by atoms with Crippen molar-refractivity contribution in [2.75, 3.05) is 19.6 Å². The first-order valence-corrected chi connectivity index (χ1v) is 8.11. The molecule has 0 spiro atoms. The number of nitrogens with one attached hydrogen (secondary N) is 1. The Kier molecular flexibility index (Phi) is 5.46. The molecule has 0 aliphatic carbocycles. The summed E-state index contributed by atoms with van der Waals surface area (Å²) in [5.74, 6) is 1.21. The molecule has 0 saturated carbocycles. The first kappa shape index (κ1) is 15.4. The van der Waals surface area contributed by atoms with Crippen LogP contribution < -0.4 is 5.32 Å². The van der Waals surface area contributed by atoms with E-state index in [-0.39, 0.29) is 6.03 Å². The molecule has 1 aliphatic heterocycles. The van der Waals surface area contributed by atoms with Gasteiger partial charge in [-0.05, 0) is 42.4 Å². The molecule has 1 aromatic carbocycles. The predicted molar refractivity (Wildman–Crippen MR) is 85.8 cm³/mol. The Morgan fingerprint density at radius 2 is 2.05 bits per heavy atom. The minimum absolute atomic E-state index is 0.0818. The molecular weight excluding hydrogens is 316 g/mol. The summed E-state index contributed by atoms with van der Waals surface area (Å²) >= 11 is 3.46. The number of carbonyl (C=O) groups is 1. The molecule has 0 radical (unpaired) electrons. The van der Waals surface area contributed by atoms with E-state index < -0.39 is 0 Å². The van der Waals surface area contributed by atoms with Gasteiger partial charge in [-0.3, -0.25) is 0 Å². The fraction of sp³-hybridized carbons (Fsp3) is 0.562. The molecule has 1 N–H and O–H groups in total. The highest BCUT2D eigenvalue weighted by atomic mass is 79.9. The van der Waals surface area contributed by atoms with Crippen molar-refractivity contribution in [1.82, 2.24) is 10.2 Å². The SMILES string of the molecule is CC1CC(C)CN(C(=O)NCCc2cccc(Br)c2)C1. The number of benzene rings is 1. The molecule has 2 atom stereocenters. The number of hydrogen-bond acceptors (Lipinski definition) is 1. The molecule has 2 unspecified atom stereocenters. The quantitative estimate of drug-likeness (QED) is 0.895. The molecule has 3 nitrogen and oxygen atoms in total. The monoisotopic (exact) mass is 338 g/mol. The van der Waals surface area contributed by atoms with Crippen LogP contribution in [0.2, 0.25) is 0 Å².